The summed E-state index contributed by atoms with van der Waals surface area (Å²) in [5, 5.41) is 6.73. The molecule has 25 heavy (non-hydrogen) atoms. The fraction of sp³-hybridized carbons (Fsp3) is 0.118. The third kappa shape index (κ3) is 4.24. The molecule has 0 aromatic carbocycles. The topological polar surface area (TPSA) is 102 Å². The van der Waals surface area contributed by atoms with Crippen LogP contribution in [-0.4, -0.2) is 23.0 Å². The highest BCUT2D eigenvalue weighted by atomic mass is 32.1. The van der Waals surface area contributed by atoms with E-state index in [9.17, 15) is 4.79 Å². The van der Waals surface area contributed by atoms with Crippen molar-refractivity contribution in [3.63, 3.8) is 0 Å². The molecule has 0 aliphatic carbocycles. The number of thiophene rings is 1. The molecule has 0 saturated heterocycles. The van der Waals surface area contributed by atoms with Crippen LogP contribution in [0.4, 0.5) is 17.2 Å². The van der Waals surface area contributed by atoms with Gasteiger partial charge in [0, 0.05) is 18.1 Å². The number of hydrogen-bond donors (Lipinski definition) is 3. The molecular weight excluding hydrogens is 338 g/mol. The molecule has 0 aliphatic rings. The van der Waals surface area contributed by atoms with Gasteiger partial charge in [0.25, 0.3) is 5.91 Å². The van der Waals surface area contributed by atoms with Gasteiger partial charge in [-0.1, -0.05) is 11.3 Å². The van der Waals surface area contributed by atoms with E-state index in [0.29, 0.717) is 28.0 Å². The number of ether oxygens (including phenoxy) is 1. The van der Waals surface area contributed by atoms with Gasteiger partial charge in [0.1, 0.15) is 5.82 Å². The highest BCUT2D eigenvalue weighted by Gasteiger charge is 2.10. The highest BCUT2D eigenvalue weighted by Crippen LogP contribution is 2.24. The number of carbonyl (C=O) groups is 1. The van der Waals surface area contributed by atoms with E-state index in [0.717, 1.165) is 11.4 Å². The third-order valence-corrected chi connectivity index (χ3v) is 4.42. The van der Waals surface area contributed by atoms with Crippen molar-refractivity contribution < 1.29 is 9.53 Å². The van der Waals surface area contributed by atoms with Gasteiger partial charge in [-0.05, 0) is 36.4 Å². The zero-order valence-electron chi connectivity index (χ0n) is 13.5. The van der Waals surface area contributed by atoms with Crippen LogP contribution >= 0.6 is 11.3 Å². The number of amides is 1. The smallest absolute Gasteiger partial charge is 0.265 e. The first-order chi connectivity index (χ1) is 12.2. The lowest BCUT2D eigenvalue weighted by Crippen LogP contribution is -2.11. The summed E-state index contributed by atoms with van der Waals surface area (Å²) in [6, 6.07) is 10.7. The summed E-state index contributed by atoms with van der Waals surface area (Å²) in [6.45, 7) is 0.465. The minimum atomic E-state index is -0.185. The predicted molar refractivity (Wildman–Crippen MR) is 99.0 cm³/mol. The van der Waals surface area contributed by atoms with E-state index >= 15 is 0 Å². The zero-order valence-corrected chi connectivity index (χ0v) is 14.3. The molecule has 0 fully saturated rings. The molecule has 0 spiro atoms. The maximum absolute atomic E-state index is 12.3. The molecule has 3 aromatic heterocycles. The van der Waals surface area contributed by atoms with Gasteiger partial charge >= 0.3 is 0 Å². The Hall–Kier alpha value is -3.13. The Labute approximate surface area is 148 Å². The van der Waals surface area contributed by atoms with Gasteiger partial charge in [0.15, 0.2) is 5.06 Å². The molecule has 0 radical (unpaired) electrons. The lowest BCUT2D eigenvalue weighted by atomic mass is 10.3. The Morgan fingerprint density at radius 3 is 2.88 bits per heavy atom. The van der Waals surface area contributed by atoms with Crippen LogP contribution < -0.4 is 21.1 Å². The number of methoxy groups -OCH3 is 1. The maximum atomic E-state index is 12.3. The summed E-state index contributed by atoms with van der Waals surface area (Å²) in [4.78, 5) is 21.2. The van der Waals surface area contributed by atoms with Crippen molar-refractivity contribution in [3.05, 3.63) is 59.4 Å². The van der Waals surface area contributed by atoms with Crippen LogP contribution in [0, 0.1) is 0 Å². The third-order valence-electron chi connectivity index (χ3n) is 3.38. The van der Waals surface area contributed by atoms with E-state index in [1.54, 1.807) is 43.8 Å². The summed E-state index contributed by atoms with van der Waals surface area (Å²) >= 11 is 1.29. The van der Waals surface area contributed by atoms with Gasteiger partial charge < -0.3 is 21.1 Å². The zero-order chi connectivity index (χ0) is 17.6. The fourth-order valence-electron chi connectivity index (χ4n) is 2.15. The molecule has 0 unspecified atom stereocenters. The number of hydrogen-bond acceptors (Lipinski definition) is 7. The maximum Gasteiger partial charge on any atom is 0.265 e. The minimum Gasteiger partial charge on any atom is -0.487 e. The van der Waals surface area contributed by atoms with Crippen molar-refractivity contribution >= 4 is 34.4 Å². The van der Waals surface area contributed by atoms with Crippen molar-refractivity contribution in [2.75, 3.05) is 23.5 Å². The number of carbonyl (C=O) groups excluding carboxylic acids is 1. The van der Waals surface area contributed by atoms with Crippen molar-refractivity contribution in [2.24, 2.45) is 0 Å². The number of rotatable bonds is 6. The van der Waals surface area contributed by atoms with E-state index in [-0.39, 0.29) is 5.91 Å². The Balaban J connectivity index is 1.65. The summed E-state index contributed by atoms with van der Waals surface area (Å²) in [7, 11) is 1.57. The Bertz CT molecular complexity index is 881. The van der Waals surface area contributed by atoms with E-state index in [1.165, 1.54) is 11.3 Å². The van der Waals surface area contributed by atoms with Crippen LogP contribution in [0.1, 0.15) is 15.4 Å². The van der Waals surface area contributed by atoms with Crippen molar-refractivity contribution in [3.8, 4) is 5.06 Å². The lowest BCUT2D eigenvalue weighted by molar-refractivity contribution is 0.103. The van der Waals surface area contributed by atoms with Crippen LogP contribution in [0.15, 0.2) is 48.8 Å². The molecule has 3 rings (SSSR count). The molecule has 0 atom stereocenters. The standard InChI is InChI=1S/C17H17N5O2S/c1-24-15-5-4-14(25-15)17(23)22-11-6-8-19-12(9-11)10-21-13-3-2-7-20-16(13)18/h2-9,21H,10H2,1H3,(H2,18,20)(H,19,22,23). The second kappa shape index (κ2) is 7.63. The van der Waals surface area contributed by atoms with Crippen molar-refractivity contribution in [1.29, 1.82) is 0 Å². The normalized spacial score (nSPS) is 10.3. The molecule has 7 nitrogen and oxygen atoms in total. The van der Waals surface area contributed by atoms with Crippen LogP contribution in [-0.2, 0) is 6.54 Å². The van der Waals surface area contributed by atoms with Gasteiger partial charge in [0.2, 0.25) is 0 Å². The molecule has 4 N–H and O–H groups in total. The number of pyridine rings is 2. The van der Waals surface area contributed by atoms with Gasteiger partial charge in [-0.3, -0.25) is 9.78 Å². The van der Waals surface area contributed by atoms with Crippen LogP contribution in [0.2, 0.25) is 0 Å². The van der Waals surface area contributed by atoms with Crippen molar-refractivity contribution in [1.82, 2.24) is 9.97 Å². The minimum absolute atomic E-state index is 0.185. The van der Waals surface area contributed by atoms with Crippen LogP contribution in [0.3, 0.4) is 0 Å². The lowest BCUT2D eigenvalue weighted by Gasteiger charge is -2.09. The highest BCUT2D eigenvalue weighted by molar-refractivity contribution is 7.15. The average molecular weight is 355 g/mol. The summed E-state index contributed by atoms with van der Waals surface area (Å²) in [6.07, 6.45) is 3.28. The average Bonchev–Trinajstić information content (AvgIpc) is 3.11. The van der Waals surface area contributed by atoms with Gasteiger partial charge in [-0.2, -0.15) is 0 Å². The van der Waals surface area contributed by atoms with Gasteiger partial charge in [0.05, 0.1) is 29.9 Å². The van der Waals surface area contributed by atoms with E-state index < -0.39 is 0 Å². The molecule has 3 heterocycles. The molecule has 0 saturated carbocycles. The molecule has 8 heteroatoms. The fourth-order valence-corrected chi connectivity index (χ4v) is 2.87. The Morgan fingerprint density at radius 1 is 1.24 bits per heavy atom. The second-order valence-corrected chi connectivity index (χ2v) is 6.15. The van der Waals surface area contributed by atoms with Gasteiger partial charge in [-0.25, -0.2) is 4.98 Å². The SMILES string of the molecule is COc1ccc(C(=O)Nc2ccnc(CNc3cccnc3N)c2)s1. The van der Waals surface area contributed by atoms with E-state index in [1.807, 2.05) is 12.1 Å². The summed E-state index contributed by atoms with van der Waals surface area (Å²) in [5.41, 5.74) is 7.98. The second-order valence-electron chi connectivity index (χ2n) is 5.10. The number of aromatic nitrogens is 2. The first kappa shape index (κ1) is 16.7. The first-order valence-corrected chi connectivity index (χ1v) is 8.32. The van der Waals surface area contributed by atoms with Gasteiger partial charge in [-0.15, -0.1) is 0 Å². The largest absolute Gasteiger partial charge is 0.487 e. The number of nitrogen functional groups attached to an aromatic ring is 1. The monoisotopic (exact) mass is 355 g/mol. The van der Waals surface area contributed by atoms with E-state index in [2.05, 4.69) is 20.6 Å². The number of nitrogens with two attached hydrogens (primary N) is 1. The quantitative estimate of drug-likeness (QED) is 0.628. The molecule has 0 bridgehead atoms. The Morgan fingerprint density at radius 2 is 2.12 bits per heavy atom. The van der Waals surface area contributed by atoms with E-state index in [4.69, 9.17) is 10.5 Å². The number of nitrogens with zero attached hydrogens (tertiary/aromatic N) is 2. The Kier molecular flexibility index (Phi) is 5.10. The predicted octanol–water partition coefficient (Wildman–Crippen LogP) is 2.99. The first-order valence-electron chi connectivity index (χ1n) is 7.50. The molecule has 3 aromatic rings. The summed E-state index contributed by atoms with van der Waals surface area (Å²) in [5.74, 6) is 0.244. The van der Waals surface area contributed by atoms with Crippen LogP contribution in [0.25, 0.3) is 0 Å². The number of nitrogens with one attached hydrogen (secondary N) is 2. The molecule has 1 amide bonds. The van der Waals surface area contributed by atoms with Crippen molar-refractivity contribution in [2.45, 2.75) is 6.54 Å². The van der Waals surface area contributed by atoms with Crippen LogP contribution in [0.5, 0.6) is 5.06 Å². The number of anilines is 3. The summed E-state index contributed by atoms with van der Waals surface area (Å²) < 4.78 is 5.10. The molecule has 0 aliphatic heterocycles. The molecular formula is C17H17N5O2S. The molecule has 128 valence electrons.